The van der Waals surface area contributed by atoms with Gasteiger partial charge >= 0.3 is 0 Å². The van der Waals surface area contributed by atoms with Gasteiger partial charge in [-0.15, -0.1) is 0 Å². The van der Waals surface area contributed by atoms with Gasteiger partial charge in [0, 0.05) is 30.1 Å². The van der Waals surface area contributed by atoms with Crippen molar-refractivity contribution in [3.05, 3.63) is 0 Å². The van der Waals surface area contributed by atoms with Crippen LogP contribution in [0.15, 0.2) is 0 Å². The Labute approximate surface area is 85.4 Å². The van der Waals surface area contributed by atoms with Gasteiger partial charge in [0.1, 0.15) is 0 Å². The van der Waals surface area contributed by atoms with Gasteiger partial charge in [-0.2, -0.15) is 11.8 Å². The standard InChI is InChI=1S/C10H20N2S/c1-9-8-13-7-6-12(9)10-2-4-11-5-3-10/h9-11H,2-8H2,1H3. The van der Waals surface area contributed by atoms with Gasteiger partial charge in [0.15, 0.2) is 0 Å². The van der Waals surface area contributed by atoms with E-state index in [9.17, 15) is 0 Å². The third-order valence-corrected chi connectivity index (χ3v) is 4.39. The molecule has 0 amide bonds. The molecule has 0 bridgehead atoms. The van der Waals surface area contributed by atoms with Gasteiger partial charge in [-0.05, 0) is 32.9 Å². The predicted molar refractivity (Wildman–Crippen MR) is 59.4 cm³/mol. The van der Waals surface area contributed by atoms with Gasteiger partial charge in [0.25, 0.3) is 0 Å². The quantitative estimate of drug-likeness (QED) is 0.684. The fourth-order valence-electron chi connectivity index (χ4n) is 2.42. The van der Waals surface area contributed by atoms with E-state index in [1.165, 1.54) is 44.0 Å². The molecule has 13 heavy (non-hydrogen) atoms. The van der Waals surface area contributed by atoms with Crippen molar-refractivity contribution < 1.29 is 0 Å². The summed E-state index contributed by atoms with van der Waals surface area (Å²) in [6, 6.07) is 1.68. The molecule has 2 aliphatic rings. The van der Waals surface area contributed by atoms with E-state index < -0.39 is 0 Å². The third-order valence-electron chi connectivity index (χ3n) is 3.20. The minimum absolute atomic E-state index is 0.807. The second-order valence-corrected chi connectivity index (χ2v) is 5.29. The van der Waals surface area contributed by atoms with E-state index in [0.29, 0.717) is 0 Å². The van der Waals surface area contributed by atoms with Crippen molar-refractivity contribution in [2.45, 2.75) is 31.8 Å². The fourth-order valence-corrected chi connectivity index (χ4v) is 3.46. The molecule has 0 spiro atoms. The highest BCUT2D eigenvalue weighted by Crippen LogP contribution is 2.22. The number of rotatable bonds is 1. The maximum absolute atomic E-state index is 3.44. The Hall–Kier alpha value is 0.270. The van der Waals surface area contributed by atoms with E-state index in [4.69, 9.17) is 0 Å². The van der Waals surface area contributed by atoms with E-state index in [-0.39, 0.29) is 0 Å². The van der Waals surface area contributed by atoms with Gasteiger partial charge in [-0.1, -0.05) is 0 Å². The van der Waals surface area contributed by atoms with Crippen LogP contribution in [0.2, 0.25) is 0 Å². The monoisotopic (exact) mass is 200 g/mol. The van der Waals surface area contributed by atoms with Gasteiger partial charge < -0.3 is 5.32 Å². The largest absolute Gasteiger partial charge is 0.317 e. The summed E-state index contributed by atoms with van der Waals surface area (Å²) in [4.78, 5) is 2.73. The summed E-state index contributed by atoms with van der Waals surface area (Å²) in [7, 11) is 0. The first kappa shape index (κ1) is 9.81. The van der Waals surface area contributed by atoms with Crippen molar-refractivity contribution in [3.63, 3.8) is 0 Å². The molecule has 1 unspecified atom stereocenters. The average molecular weight is 200 g/mol. The molecule has 2 aliphatic heterocycles. The number of piperidine rings is 1. The number of nitrogens with zero attached hydrogens (tertiary/aromatic N) is 1. The lowest BCUT2D eigenvalue weighted by molar-refractivity contribution is 0.133. The second-order valence-electron chi connectivity index (χ2n) is 4.14. The minimum Gasteiger partial charge on any atom is -0.317 e. The van der Waals surface area contributed by atoms with E-state index in [1.807, 2.05) is 0 Å². The molecule has 0 aromatic heterocycles. The Morgan fingerprint density at radius 3 is 2.77 bits per heavy atom. The molecule has 2 fully saturated rings. The summed E-state index contributed by atoms with van der Waals surface area (Å²) in [5.41, 5.74) is 0. The van der Waals surface area contributed by atoms with E-state index in [0.717, 1.165) is 12.1 Å². The van der Waals surface area contributed by atoms with Gasteiger partial charge in [0.2, 0.25) is 0 Å². The second kappa shape index (κ2) is 4.67. The molecule has 2 heterocycles. The van der Waals surface area contributed by atoms with Gasteiger partial charge in [-0.25, -0.2) is 0 Å². The first-order chi connectivity index (χ1) is 6.38. The van der Waals surface area contributed by atoms with Crippen molar-refractivity contribution in [2.75, 3.05) is 31.1 Å². The lowest BCUT2D eigenvalue weighted by atomic mass is 10.0. The number of hydrogen-bond donors (Lipinski definition) is 1. The lowest BCUT2D eigenvalue weighted by Gasteiger charge is -2.41. The van der Waals surface area contributed by atoms with E-state index >= 15 is 0 Å². The predicted octanol–water partition coefficient (Wildman–Crippen LogP) is 1.18. The summed E-state index contributed by atoms with van der Waals surface area (Å²) in [5, 5.41) is 3.44. The summed E-state index contributed by atoms with van der Waals surface area (Å²) >= 11 is 2.11. The summed E-state index contributed by atoms with van der Waals surface area (Å²) in [6.07, 6.45) is 2.71. The number of thioether (sulfide) groups is 1. The van der Waals surface area contributed by atoms with Crippen LogP contribution >= 0.6 is 11.8 Å². The van der Waals surface area contributed by atoms with Gasteiger partial charge in [-0.3, -0.25) is 4.90 Å². The van der Waals surface area contributed by atoms with Crippen LogP contribution in [0.4, 0.5) is 0 Å². The van der Waals surface area contributed by atoms with Crippen molar-refractivity contribution in [1.29, 1.82) is 0 Å². The Kier molecular flexibility index (Phi) is 3.52. The molecule has 2 rings (SSSR count). The van der Waals surface area contributed by atoms with E-state index in [2.05, 4.69) is 28.9 Å². The fraction of sp³-hybridized carbons (Fsp3) is 1.00. The zero-order valence-electron chi connectivity index (χ0n) is 8.46. The smallest absolute Gasteiger partial charge is 0.0161 e. The Balaban J connectivity index is 1.88. The molecule has 76 valence electrons. The zero-order chi connectivity index (χ0) is 9.10. The number of nitrogens with one attached hydrogen (secondary N) is 1. The highest BCUT2D eigenvalue weighted by Gasteiger charge is 2.26. The lowest BCUT2D eigenvalue weighted by Crippen LogP contribution is -2.50. The Morgan fingerprint density at radius 2 is 2.08 bits per heavy atom. The van der Waals surface area contributed by atoms with Crippen molar-refractivity contribution in [2.24, 2.45) is 0 Å². The topological polar surface area (TPSA) is 15.3 Å². The molecular weight excluding hydrogens is 180 g/mol. The third kappa shape index (κ3) is 2.39. The number of hydrogen-bond acceptors (Lipinski definition) is 3. The summed E-state index contributed by atoms with van der Waals surface area (Å²) in [6.45, 7) is 6.15. The molecule has 2 nitrogen and oxygen atoms in total. The van der Waals surface area contributed by atoms with Crippen molar-refractivity contribution in [3.8, 4) is 0 Å². The molecule has 0 saturated carbocycles. The molecule has 0 aromatic rings. The van der Waals surface area contributed by atoms with Crippen LogP contribution in [-0.2, 0) is 0 Å². The molecule has 3 heteroatoms. The Bertz CT molecular complexity index is 157. The maximum atomic E-state index is 3.44. The van der Waals surface area contributed by atoms with Crippen LogP contribution in [-0.4, -0.2) is 48.1 Å². The molecule has 2 saturated heterocycles. The highest BCUT2D eigenvalue weighted by atomic mass is 32.2. The van der Waals surface area contributed by atoms with Crippen LogP contribution < -0.4 is 5.32 Å². The maximum Gasteiger partial charge on any atom is 0.0161 e. The van der Waals surface area contributed by atoms with Gasteiger partial charge in [0.05, 0.1) is 0 Å². The Morgan fingerprint density at radius 1 is 1.31 bits per heavy atom. The molecular formula is C10H20N2S. The highest BCUT2D eigenvalue weighted by molar-refractivity contribution is 7.99. The first-order valence-electron chi connectivity index (χ1n) is 5.42. The molecule has 0 aromatic carbocycles. The minimum atomic E-state index is 0.807. The normalized spacial score (nSPS) is 33.5. The average Bonchev–Trinajstić information content (AvgIpc) is 2.20. The molecule has 1 N–H and O–H groups in total. The zero-order valence-corrected chi connectivity index (χ0v) is 9.28. The SMILES string of the molecule is CC1CSCCN1C1CCNCC1. The van der Waals surface area contributed by atoms with Crippen LogP contribution in [0.3, 0.4) is 0 Å². The first-order valence-corrected chi connectivity index (χ1v) is 6.57. The molecule has 0 radical (unpaired) electrons. The summed E-state index contributed by atoms with van der Waals surface area (Å²) < 4.78 is 0. The van der Waals surface area contributed by atoms with Crippen molar-refractivity contribution in [1.82, 2.24) is 10.2 Å². The van der Waals surface area contributed by atoms with Crippen molar-refractivity contribution >= 4 is 11.8 Å². The van der Waals surface area contributed by atoms with Crippen LogP contribution in [0, 0.1) is 0 Å². The van der Waals surface area contributed by atoms with Crippen LogP contribution in [0.5, 0.6) is 0 Å². The molecule has 0 aliphatic carbocycles. The van der Waals surface area contributed by atoms with Crippen LogP contribution in [0.1, 0.15) is 19.8 Å². The summed E-state index contributed by atoms with van der Waals surface area (Å²) in [5.74, 6) is 2.68. The van der Waals surface area contributed by atoms with Crippen LogP contribution in [0.25, 0.3) is 0 Å². The van der Waals surface area contributed by atoms with E-state index in [1.54, 1.807) is 0 Å². The molecule has 1 atom stereocenters.